The Morgan fingerprint density at radius 3 is 2.44 bits per heavy atom. The molecule has 1 aromatic rings. The molecular weight excluding hydrogens is 312 g/mol. The maximum atomic E-state index is 12.8. The lowest BCUT2D eigenvalue weighted by molar-refractivity contribution is -0.133. The molecule has 2 unspecified atom stereocenters. The van der Waals surface area contributed by atoms with Crippen LogP contribution in [0, 0.1) is 24.7 Å². The average Bonchev–Trinajstić information content (AvgIpc) is 2.99. The van der Waals surface area contributed by atoms with Crippen LogP contribution in [0.15, 0.2) is 24.3 Å². The SMILES string of the molecule is Cc1ccccc1C1CN(C(=O)C(C)C)CC1C(=O)NCCC(C)C. The lowest BCUT2D eigenvalue weighted by Crippen LogP contribution is -2.37. The normalized spacial score (nSPS) is 20.4. The maximum Gasteiger partial charge on any atom is 0.225 e. The molecule has 4 nitrogen and oxygen atoms in total. The van der Waals surface area contributed by atoms with E-state index in [0.717, 1.165) is 6.42 Å². The minimum absolute atomic E-state index is 0.0414. The Bertz CT molecular complexity index is 610. The monoisotopic (exact) mass is 344 g/mol. The van der Waals surface area contributed by atoms with Gasteiger partial charge in [-0.15, -0.1) is 0 Å². The molecule has 1 aromatic carbocycles. The first-order valence-electron chi connectivity index (χ1n) is 9.43. The minimum atomic E-state index is -0.170. The Morgan fingerprint density at radius 2 is 1.84 bits per heavy atom. The second kappa shape index (κ2) is 8.50. The first kappa shape index (κ1) is 19.5. The summed E-state index contributed by atoms with van der Waals surface area (Å²) < 4.78 is 0. The third-order valence-electron chi connectivity index (χ3n) is 5.07. The molecule has 1 saturated heterocycles. The van der Waals surface area contributed by atoms with Gasteiger partial charge in [-0.2, -0.15) is 0 Å². The molecule has 0 saturated carbocycles. The number of hydrogen-bond donors (Lipinski definition) is 1. The van der Waals surface area contributed by atoms with Gasteiger partial charge in [-0.1, -0.05) is 52.0 Å². The van der Waals surface area contributed by atoms with Crippen LogP contribution in [0.1, 0.15) is 51.2 Å². The molecule has 1 N–H and O–H groups in total. The van der Waals surface area contributed by atoms with Crippen molar-refractivity contribution in [1.29, 1.82) is 0 Å². The summed E-state index contributed by atoms with van der Waals surface area (Å²) in [4.78, 5) is 27.2. The van der Waals surface area contributed by atoms with Crippen molar-refractivity contribution in [2.45, 2.75) is 47.0 Å². The Morgan fingerprint density at radius 1 is 1.16 bits per heavy atom. The molecule has 2 atom stereocenters. The van der Waals surface area contributed by atoms with Crippen LogP contribution in [0.3, 0.4) is 0 Å². The van der Waals surface area contributed by atoms with E-state index in [4.69, 9.17) is 0 Å². The molecule has 0 aromatic heterocycles. The third-order valence-corrected chi connectivity index (χ3v) is 5.07. The van der Waals surface area contributed by atoms with E-state index in [0.29, 0.717) is 25.6 Å². The molecule has 25 heavy (non-hydrogen) atoms. The molecular formula is C21H32N2O2. The molecule has 0 bridgehead atoms. The fourth-order valence-electron chi connectivity index (χ4n) is 3.55. The molecule has 0 spiro atoms. The van der Waals surface area contributed by atoms with Gasteiger partial charge in [-0.25, -0.2) is 0 Å². The predicted octanol–water partition coefficient (Wildman–Crippen LogP) is 3.36. The second-order valence-corrected chi connectivity index (χ2v) is 7.94. The van der Waals surface area contributed by atoms with Crippen molar-refractivity contribution in [2.24, 2.45) is 17.8 Å². The largest absolute Gasteiger partial charge is 0.356 e. The highest BCUT2D eigenvalue weighted by Gasteiger charge is 2.41. The first-order valence-corrected chi connectivity index (χ1v) is 9.43. The standard InChI is InChI=1S/C21H32N2O2/c1-14(2)10-11-22-20(24)19-13-23(21(25)15(3)4)12-18(19)17-9-7-6-8-16(17)5/h6-9,14-15,18-19H,10-13H2,1-5H3,(H,22,24). The Balaban J connectivity index is 2.19. The maximum absolute atomic E-state index is 12.8. The lowest BCUT2D eigenvalue weighted by Gasteiger charge is -2.20. The smallest absolute Gasteiger partial charge is 0.225 e. The van der Waals surface area contributed by atoms with Crippen molar-refractivity contribution in [1.82, 2.24) is 10.2 Å². The summed E-state index contributed by atoms with van der Waals surface area (Å²) >= 11 is 0. The van der Waals surface area contributed by atoms with Gasteiger partial charge in [0.2, 0.25) is 11.8 Å². The molecule has 4 heteroatoms. The summed E-state index contributed by atoms with van der Waals surface area (Å²) in [6, 6.07) is 8.21. The molecule has 2 rings (SSSR count). The zero-order valence-corrected chi connectivity index (χ0v) is 16.2. The number of benzene rings is 1. The van der Waals surface area contributed by atoms with Crippen molar-refractivity contribution in [3.63, 3.8) is 0 Å². The fourth-order valence-corrected chi connectivity index (χ4v) is 3.55. The number of hydrogen-bond acceptors (Lipinski definition) is 2. The zero-order valence-electron chi connectivity index (χ0n) is 16.2. The summed E-state index contributed by atoms with van der Waals surface area (Å²) in [7, 11) is 0. The summed E-state index contributed by atoms with van der Waals surface area (Å²) in [5.74, 6) is 0.637. The van der Waals surface area contributed by atoms with Crippen molar-refractivity contribution < 1.29 is 9.59 Å². The van der Waals surface area contributed by atoms with E-state index >= 15 is 0 Å². The van der Waals surface area contributed by atoms with E-state index in [9.17, 15) is 9.59 Å². The Kier molecular flexibility index (Phi) is 6.63. The predicted molar refractivity (Wildman–Crippen MR) is 101 cm³/mol. The van der Waals surface area contributed by atoms with Crippen LogP contribution < -0.4 is 5.32 Å². The van der Waals surface area contributed by atoms with E-state index in [1.54, 1.807) is 0 Å². The van der Waals surface area contributed by atoms with E-state index < -0.39 is 0 Å². The van der Waals surface area contributed by atoms with Gasteiger partial charge in [-0.05, 0) is 30.4 Å². The van der Waals surface area contributed by atoms with Gasteiger partial charge >= 0.3 is 0 Å². The van der Waals surface area contributed by atoms with Crippen LogP contribution in [0.4, 0.5) is 0 Å². The van der Waals surface area contributed by atoms with Crippen LogP contribution in [-0.2, 0) is 9.59 Å². The molecule has 138 valence electrons. The number of nitrogens with one attached hydrogen (secondary N) is 1. The van der Waals surface area contributed by atoms with Crippen LogP contribution in [0.25, 0.3) is 0 Å². The highest BCUT2D eigenvalue weighted by atomic mass is 16.2. The summed E-state index contributed by atoms with van der Waals surface area (Å²) in [6.45, 7) is 12.1. The van der Waals surface area contributed by atoms with Gasteiger partial charge in [0.15, 0.2) is 0 Å². The molecule has 1 heterocycles. The van der Waals surface area contributed by atoms with E-state index in [-0.39, 0.29) is 29.6 Å². The highest BCUT2D eigenvalue weighted by molar-refractivity contribution is 5.84. The van der Waals surface area contributed by atoms with Gasteiger partial charge in [0.05, 0.1) is 5.92 Å². The Labute approximate surface area is 152 Å². The van der Waals surface area contributed by atoms with Crippen molar-refractivity contribution in [3.05, 3.63) is 35.4 Å². The Hall–Kier alpha value is -1.84. The van der Waals surface area contributed by atoms with E-state index in [1.807, 2.05) is 30.9 Å². The first-order chi connectivity index (χ1) is 11.8. The summed E-state index contributed by atoms with van der Waals surface area (Å²) in [5.41, 5.74) is 2.37. The summed E-state index contributed by atoms with van der Waals surface area (Å²) in [5, 5.41) is 3.09. The number of carbonyl (C=O) groups is 2. The number of aryl methyl sites for hydroxylation is 1. The van der Waals surface area contributed by atoms with Gasteiger partial charge in [-0.3, -0.25) is 9.59 Å². The highest BCUT2D eigenvalue weighted by Crippen LogP contribution is 2.35. The van der Waals surface area contributed by atoms with Crippen LogP contribution in [-0.4, -0.2) is 36.3 Å². The van der Waals surface area contributed by atoms with Gasteiger partial charge in [0.25, 0.3) is 0 Å². The second-order valence-electron chi connectivity index (χ2n) is 7.94. The van der Waals surface area contributed by atoms with Crippen LogP contribution in [0.5, 0.6) is 0 Å². The molecule has 1 fully saturated rings. The molecule has 0 aliphatic carbocycles. The van der Waals surface area contributed by atoms with E-state index in [1.165, 1.54) is 11.1 Å². The zero-order chi connectivity index (χ0) is 18.6. The topological polar surface area (TPSA) is 49.4 Å². The molecule has 0 radical (unpaired) electrons. The number of likely N-dealkylation sites (tertiary alicyclic amines) is 1. The summed E-state index contributed by atoms with van der Waals surface area (Å²) in [6.07, 6.45) is 0.974. The van der Waals surface area contributed by atoms with Crippen LogP contribution in [0.2, 0.25) is 0 Å². The quantitative estimate of drug-likeness (QED) is 0.860. The van der Waals surface area contributed by atoms with Crippen molar-refractivity contribution >= 4 is 11.8 Å². The van der Waals surface area contributed by atoms with Gasteiger partial charge in [0.1, 0.15) is 0 Å². The minimum Gasteiger partial charge on any atom is -0.356 e. The fraction of sp³-hybridized carbons (Fsp3) is 0.619. The van der Waals surface area contributed by atoms with E-state index in [2.05, 4.69) is 38.2 Å². The van der Waals surface area contributed by atoms with Gasteiger partial charge < -0.3 is 10.2 Å². The van der Waals surface area contributed by atoms with Gasteiger partial charge in [0, 0.05) is 31.5 Å². The molecule has 2 amide bonds. The molecule has 1 aliphatic rings. The third kappa shape index (κ3) is 4.83. The molecule has 1 aliphatic heterocycles. The van der Waals surface area contributed by atoms with Crippen LogP contribution >= 0.6 is 0 Å². The number of nitrogens with zero attached hydrogens (tertiary/aromatic N) is 1. The van der Waals surface area contributed by atoms with Crippen molar-refractivity contribution in [2.75, 3.05) is 19.6 Å². The number of amides is 2. The van der Waals surface area contributed by atoms with Crippen molar-refractivity contribution in [3.8, 4) is 0 Å². The average molecular weight is 344 g/mol. The number of carbonyl (C=O) groups excluding carboxylic acids is 2. The lowest BCUT2D eigenvalue weighted by atomic mass is 9.86. The number of rotatable bonds is 6.